The molecule has 0 aromatic heterocycles. The summed E-state index contributed by atoms with van der Waals surface area (Å²) in [6.07, 6.45) is 6.04. The predicted molar refractivity (Wildman–Crippen MR) is 69.7 cm³/mol. The molecule has 0 aliphatic heterocycles. The summed E-state index contributed by atoms with van der Waals surface area (Å²) in [7, 11) is 0. The normalized spacial score (nSPS) is 16.5. The van der Waals surface area contributed by atoms with Gasteiger partial charge in [-0.1, -0.05) is 23.7 Å². The first kappa shape index (κ1) is 12.3. The molecule has 2 nitrogen and oxygen atoms in total. The molecule has 17 heavy (non-hydrogen) atoms. The summed E-state index contributed by atoms with van der Waals surface area (Å²) in [5.41, 5.74) is 0.835. The van der Waals surface area contributed by atoms with Gasteiger partial charge in [0.1, 0.15) is 5.78 Å². The molecule has 1 aromatic carbocycles. The number of carbonyl (C=O) groups excluding carboxylic acids is 1. The summed E-state index contributed by atoms with van der Waals surface area (Å²) in [6.45, 7) is 0. The van der Waals surface area contributed by atoms with Crippen LogP contribution in [-0.2, 0) is 10.2 Å². The number of rotatable bonds is 6. The zero-order valence-electron chi connectivity index (χ0n) is 9.58. The van der Waals surface area contributed by atoms with E-state index in [-0.39, 0.29) is 11.2 Å². The van der Waals surface area contributed by atoms with Gasteiger partial charge in [0.15, 0.2) is 0 Å². The third kappa shape index (κ3) is 2.58. The fourth-order valence-corrected chi connectivity index (χ4v) is 2.29. The second kappa shape index (κ2) is 5.01. The number of benzene rings is 1. The molecular weight excluding hydrogens is 234 g/mol. The minimum Gasteiger partial charge on any atom is -0.313 e. The van der Waals surface area contributed by atoms with Crippen molar-refractivity contribution < 1.29 is 4.79 Å². The van der Waals surface area contributed by atoms with Gasteiger partial charge in [-0.2, -0.15) is 0 Å². The van der Waals surface area contributed by atoms with E-state index in [9.17, 15) is 4.79 Å². The maximum absolute atomic E-state index is 12.2. The topological polar surface area (TPSA) is 40.9 Å². The van der Waals surface area contributed by atoms with Crippen LogP contribution in [-0.4, -0.2) is 12.0 Å². The second-order valence-electron chi connectivity index (χ2n) is 4.45. The first-order chi connectivity index (χ1) is 8.19. The Morgan fingerprint density at radius 2 is 2.00 bits per heavy atom. The Hall–Kier alpha value is -1.15. The van der Waals surface area contributed by atoms with Crippen molar-refractivity contribution in [3.63, 3.8) is 0 Å². The van der Waals surface area contributed by atoms with E-state index in [1.54, 1.807) is 6.42 Å². The van der Waals surface area contributed by atoms with Crippen molar-refractivity contribution in [1.29, 1.82) is 5.41 Å². The molecule has 1 saturated carbocycles. The smallest absolute Gasteiger partial charge is 0.143 e. The molecular formula is C14H15ClNO. The number of unbranched alkanes of at least 4 members (excludes halogenated alkanes) is 1. The maximum Gasteiger partial charge on any atom is 0.143 e. The predicted octanol–water partition coefficient (Wildman–Crippen LogP) is 3.57. The molecule has 0 unspecified atom stereocenters. The quantitative estimate of drug-likeness (QED) is 0.607. The molecule has 0 atom stereocenters. The van der Waals surface area contributed by atoms with E-state index in [0.717, 1.165) is 18.4 Å². The standard InChI is InChI=1S/C14H15ClNO/c15-12-6-4-11(5-7-12)14(8-9-14)13(17)3-1-2-10-16/h2,4-7,10,16H,1,3,8-9H2. The minimum absolute atomic E-state index is 0.250. The van der Waals surface area contributed by atoms with Crippen LogP contribution < -0.4 is 0 Å². The summed E-state index contributed by atoms with van der Waals surface area (Å²) < 4.78 is 0. The van der Waals surface area contributed by atoms with Crippen LogP contribution in [0.5, 0.6) is 0 Å². The van der Waals surface area contributed by atoms with Crippen LogP contribution in [0, 0.1) is 11.8 Å². The minimum atomic E-state index is -0.250. The Morgan fingerprint density at radius 1 is 1.35 bits per heavy atom. The average molecular weight is 249 g/mol. The van der Waals surface area contributed by atoms with E-state index in [2.05, 4.69) is 0 Å². The molecule has 1 aromatic rings. The Kier molecular flexibility index (Phi) is 3.63. The van der Waals surface area contributed by atoms with Gasteiger partial charge in [-0.25, -0.2) is 0 Å². The molecule has 1 N–H and O–H groups in total. The molecule has 1 aliphatic carbocycles. The average Bonchev–Trinajstić information content (AvgIpc) is 3.11. The molecule has 2 rings (SSSR count). The number of nitrogens with one attached hydrogen (secondary N) is 1. The summed E-state index contributed by atoms with van der Waals surface area (Å²) in [6, 6.07) is 7.59. The molecule has 0 amide bonds. The first-order valence-corrected chi connectivity index (χ1v) is 6.18. The van der Waals surface area contributed by atoms with Crippen LogP contribution in [0.2, 0.25) is 5.02 Å². The van der Waals surface area contributed by atoms with Crippen LogP contribution in [0.3, 0.4) is 0 Å². The number of Topliss-reactive ketones (excluding diaryl/α,β-unsaturated/α-hetero) is 1. The molecule has 1 radical (unpaired) electrons. The van der Waals surface area contributed by atoms with E-state index in [0.29, 0.717) is 17.9 Å². The Labute approximate surface area is 106 Å². The molecule has 0 heterocycles. The number of halogens is 1. The number of hydrogen-bond donors (Lipinski definition) is 1. The summed E-state index contributed by atoms with van der Waals surface area (Å²) in [4.78, 5) is 12.2. The first-order valence-electron chi connectivity index (χ1n) is 5.81. The summed E-state index contributed by atoms with van der Waals surface area (Å²) in [5, 5.41) is 7.60. The number of hydrogen-bond acceptors (Lipinski definition) is 2. The number of ketones is 1. The van der Waals surface area contributed by atoms with E-state index < -0.39 is 0 Å². The third-order valence-corrected chi connectivity index (χ3v) is 3.59. The fraction of sp³-hybridized carbons (Fsp3) is 0.357. The fourth-order valence-electron chi connectivity index (χ4n) is 2.16. The van der Waals surface area contributed by atoms with Gasteiger partial charge < -0.3 is 5.41 Å². The van der Waals surface area contributed by atoms with Crippen molar-refractivity contribution in [1.82, 2.24) is 0 Å². The molecule has 1 aliphatic rings. The van der Waals surface area contributed by atoms with Crippen molar-refractivity contribution in [3.05, 3.63) is 41.3 Å². The van der Waals surface area contributed by atoms with E-state index in [4.69, 9.17) is 17.0 Å². The molecule has 0 bridgehead atoms. The largest absolute Gasteiger partial charge is 0.313 e. The molecule has 0 saturated heterocycles. The van der Waals surface area contributed by atoms with Crippen molar-refractivity contribution in [2.75, 3.05) is 0 Å². The lowest BCUT2D eigenvalue weighted by atomic mass is 9.89. The van der Waals surface area contributed by atoms with Crippen LogP contribution in [0.15, 0.2) is 24.3 Å². The molecule has 0 spiro atoms. The van der Waals surface area contributed by atoms with E-state index in [1.807, 2.05) is 24.3 Å². The summed E-state index contributed by atoms with van der Waals surface area (Å²) >= 11 is 5.85. The van der Waals surface area contributed by atoms with Gasteiger partial charge in [0.2, 0.25) is 0 Å². The van der Waals surface area contributed by atoms with Gasteiger partial charge in [-0.15, -0.1) is 0 Å². The Bertz CT molecular complexity index is 420. The van der Waals surface area contributed by atoms with Gasteiger partial charge in [0.25, 0.3) is 0 Å². The van der Waals surface area contributed by atoms with Gasteiger partial charge in [0, 0.05) is 17.9 Å². The van der Waals surface area contributed by atoms with Crippen molar-refractivity contribution in [2.45, 2.75) is 31.1 Å². The van der Waals surface area contributed by atoms with Crippen molar-refractivity contribution in [3.8, 4) is 0 Å². The highest BCUT2D eigenvalue weighted by Gasteiger charge is 2.49. The van der Waals surface area contributed by atoms with Crippen LogP contribution in [0.25, 0.3) is 0 Å². The van der Waals surface area contributed by atoms with Gasteiger partial charge in [-0.05, 0) is 43.2 Å². The lowest BCUT2D eigenvalue weighted by Gasteiger charge is -2.14. The number of carbonyl (C=O) groups is 1. The molecule has 1 fully saturated rings. The van der Waals surface area contributed by atoms with Gasteiger partial charge >= 0.3 is 0 Å². The highest BCUT2D eigenvalue weighted by atomic mass is 35.5. The Balaban J connectivity index is 2.06. The Morgan fingerprint density at radius 3 is 2.53 bits per heavy atom. The monoisotopic (exact) mass is 248 g/mol. The van der Waals surface area contributed by atoms with Crippen molar-refractivity contribution >= 4 is 23.6 Å². The molecule has 89 valence electrons. The second-order valence-corrected chi connectivity index (χ2v) is 4.89. The van der Waals surface area contributed by atoms with Crippen LogP contribution >= 0.6 is 11.6 Å². The van der Waals surface area contributed by atoms with Gasteiger partial charge in [0.05, 0.1) is 5.41 Å². The highest BCUT2D eigenvalue weighted by Crippen LogP contribution is 2.50. The lowest BCUT2D eigenvalue weighted by Crippen LogP contribution is -2.20. The zero-order valence-corrected chi connectivity index (χ0v) is 10.3. The van der Waals surface area contributed by atoms with Crippen LogP contribution in [0.1, 0.15) is 31.2 Å². The SMILES string of the molecule is N=C[CH]CCC(=O)C1(c2ccc(Cl)cc2)CC1. The highest BCUT2D eigenvalue weighted by molar-refractivity contribution is 6.30. The lowest BCUT2D eigenvalue weighted by molar-refractivity contribution is -0.121. The molecule has 3 heteroatoms. The van der Waals surface area contributed by atoms with Crippen molar-refractivity contribution in [2.24, 2.45) is 0 Å². The summed E-state index contributed by atoms with van der Waals surface area (Å²) in [5.74, 6) is 0.290. The third-order valence-electron chi connectivity index (χ3n) is 3.34. The maximum atomic E-state index is 12.2. The van der Waals surface area contributed by atoms with E-state index >= 15 is 0 Å². The van der Waals surface area contributed by atoms with E-state index in [1.165, 1.54) is 6.21 Å². The van der Waals surface area contributed by atoms with Crippen LogP contribution in [0.4, 0.5) is 0 Å². The zero-order chi connectivity index (χ0) is 12.3. The van der Waals surface area contributed by atoms with Gasteiger partial charge in [-0.3, -0.25) is 4.79 Å².